The van der Waals surface area contributed by atoms with Crippen LogP contribution in [0.1, 0.15) is 38.7 Å². The number of hydrogen-bond donors (Lipinski definition) is 0. The first-order chi connectivity index (χ1) is 11.5. The highest BCUT2D eigenvalue weighted by molar-refractivity contribution is 5.78. The van der Waals surface area contributed by atoms with E-state index in [1.807, 2.05) is 6.07 Å². The average molecular weight is 332 g/mol. The molecule has 3 rings (SSSR count). The van der Waals surface area contributed by atoms with E-state index in [1.165, 1.54) is 25.3 Å². The monoisotopic (exact) mass is 332 g/mol. The third kappa shape index (κ3) is 4.79. The van der Waals surface area contributed by atoms with Crippen LogP contribution in [0.25, 0.3) is 0 Å². The van der Waals surface area contributed by atoms with Gasteiger partial charge in [-0.05, 0) is 55.2 Å². The zero-order valence-electron chi connectivity index (χ0n) is 14.9. The predicted molar refractivity (Wildman–Crippen MR) is 94.2 cm³/mol. The van der Waals surface area contributed by atoms with Gasteiger partial charge in [-0.3, -0.25) is 9.69 Å². The molecule has 1 aromatic carbocycles. The molecule has 0 spiro atoms. The van der Waals surface area contributed by atoms with E-state index in [0.717, 1.165) is 31.6 Å². The van der Waals surface area contributed by atoms with Gasteiger partial charge >= 0.3 is 0 Å². The molecule has 3 nitrogen and oxygen atoms in total. The van der Waals surface area contributed by atoms with E-state index >= 15 is 0 Å². The first-order valence-corrected chi connectivity index (χ1v) is 9.27. The highest BCUT2D eigenvalue weighted by atomic mass is 19.1. The molecule has 2 atom stereocenters. The van der Waals surface area contributed by atoms with Crippen molar-refractivity contribution >= 4 is 5.91 Å². The maximum atomic E-state index is 13.3. The van der Waals surface area contributed by atoms with E-state index in [-0.39, 0.29) is 11.7 Å². The van der Waals surface area contributed by atoms with E-state index in [2.05, 4.69) is 23.6 Å². The van der Waals surface area contributed by atoms with Crippen molar-refractivity contribution in [2.45, 2.75) is 45.6 Å². The van der Waals surface area contributed by atoms with E-state index < -0.39 is 0 Å². The minimum atomic E-state index is -0.183. The molecule has 132 valence electrons. The van der Waals surface area contributed by atoms with Gasteiger partial charge in [-0.1, -0.05) is 26.0 Å². The van der Waals surface area contributed by atoms with Crippen molar-refractivity contribution in [1.29, 1.82) is 0 Å². The Morgan fingerprint density at radius 2 is 1.96 bits per heavy atom. The Morgan fingerprint density at radius 3 is 2.58 bits per heavy atom. The third-order valence-corrected chi connectivity index (χ3v) is 5.20. The van der Waals surface area contributed by atoms with Gasteiger partial charge in [0.15, 0.2) is 0 Å². The summed E-state index contributed by atoms with van der Waals surface area (Å²) in [6, 6.07) is 7.34. The summed E-state index contributed by atoms with van der Waals surface area (Å²) in [5.74, 6) is 1.27. The molecule has 4 heteroatoms. The summed E-state index contributed by atoms with van der Waals surface area (Å²) in [6.07, 6.45) is 4.39. The first kappa shape index (κ1) is 17.4. The smallest absolute Gasteiger partial charge is 0.236 e. The highest BCUT2D eigenvalue weighted by Gasteiger charge is 2.32. The number of carbonyl (C=O) groups excluding carboxylic acids is 1. The Kier molecular flexibility index (Phi) is 5.54. The van der Waals surface area contributed by atoms with Crippen LogP contribution in [0.3, 0.4) is 0 Å². The van der Waals surface area contributed by atoms with Crippen molar-refractivity contribution in [1.82, 2.24) is 9.80 Å². The van der Waals surface area contributed by atoms with Crippen LogP contribution in [0, 0.1) is 17.7 Å². The van der Waals surface area contributed by atoms with Gasteiger partial charge in [-0.2, -0.15) is 0 Å². The van der Waals surface area contributed by atoms with Gasteiger partial charge in [0, 0.05) is 25.7 Å². The van der Waals surface area contributed by atoms with Crippen molar-refractivity contribution in [3.8, 4) is 0 Å². The minimum Gasteiger partial charge on any atom is -0.341 e. The number of likely N-dealkylation sites (tertiary alicyclic amines) is 1. The molecule has 1 amide bonds. The van der Waals surface area contributed by atoms with Crippen molar-refractivity contribution in [2.24, 2.45) is 11.8 Å². The standard InChI is InChI=1S/C20H29FN2O/c1-15-10-16(2)13-23(12-15)20(24)14-22(19-6-7-19)9-8-17-4-3-5-18(21)11-17/h3-5,11,15-16,19H,6-10,12-14H2,1-2H3. The van der Waals surface area contributed by atoms with E-state index in [9.17, 15) is 9.18 Å². The molecule has 0 N–H and O–H groups in total. The van der Waals surface area contributed by atoms with Crippen molar-refractivity contribution in [2.75, 3.05) is 26.2 Å². The highest BCUT2D eigenvalue weighted by Crippen LogP contribution is 2.28. The van der Waals surface area contributed by atoms with Gasteiger partial charge in [0.1, 0.15) is 5.82 Å². The molecule has 0 aromatic heterocycles. The summed E-state index contributed by atoms with van der Waals surface area (Å²) in [5.41, 5.74) is 1.01. The fourth-order valence-corrected chi connectivity index (χ4v) is 3.94. The van der Waals surface area contributed by atoms with Crippen LogP contribution >= 0.6 is 0 Å². The number of nitrogens with zero attached hydrogens (tertiary/aromatic N) is 2. The fourth-order valence-electron chi connectivity index (χ4n) is 3.94. The molecule has 1 aliphatic heterocycles. The Balaban J connectivity index is 1.55. The second-order valence-corrected chi connectivity index (χ2v) is 7.83. The summed E-state index contributed by atoms with van der Waals surface area (Å²) >= 11 is 0. The number of benzene rings is 1. The Hall–Kier alpha value is -1.42. The Bertz CT molecular complexity index is 563. The molecule has 0 radical (unpaired) electrons. The summed E-state index contributed by atoms with van der Waals surface area (Å²) in [5, 5.41) is 0. The molecule has 1 heterocycles. The molecule has 1 aliphatic carbocycles. The second-order valence-electron chi connectivity index (χ2n) is 7.83. The van der Waals surface area contributed by atoms with Gasteiger partial charge in [0.2, 0.25) is 5.91 Å². The topological polar surface area (TPSA) is 23.6 Å². The molecule has 1 aromatic rings. The van der Waals surface area contributed by atoms with Gasteiger partial charge in [0.05, 0.1) is 6.54 Å². The van der Waals surface area contributed by atoms with Gasteiger partial charge in [-0.15, -0.1) is 0 Å². The zero-order valence-corrected chi connectivity index (χ0v) is 14.9. The van der Waals surface area contributed by atoms with E-state index in [1.54, 1.807) is 12.1 Å². The molecule has 2 aliphatic rings. The lowest BCUT2D eigenvalue weighted by atomic mass is 9.92. The molecule has 0 bridgehead atoms. The van der Waals surface area contributed by atoms with Gasteiger partial charge in [0.25, 0.3) is 0 Å². The maximum Gasteiger partial charge on any atom is 0.236 e. The molecule has 1 saturated heterocycles. The lowest BCUT2D eigenvalue weighted by Gasteiger charge is -2.36. The summed E-state index contributed by atoms with van der Waals surface area (Å²) in [7, 11) is 0. The molecular formula is C20H29FN2O. The number of halogens is 1. The van der Waals surface area contributed by atoms with Gasteiger partial charge in [-0.25, -0.2) is 4.39 Å². The second kappa shape index (κ2) is 7.64. The van der Waals surface area contributed by atoms with Crippen molar-refractivity contribution in [3.63, 3.8) is 0 Å². The molecule has 2 fully saturated rings. The van der Waals surface area contributed by atoms with E-state index in [0.29, 0.717) is 24.4 Å². The third-order valence-electron chi connectivity index (χ3n) is 5.20. The number of hydrogen-bond acceptors (Lipinski definition) is 2. The van der Waals surface area contributed by atoms with Crippen molar-refractivity contribution < 1.29 is 9.18 Å². The molecule has 1 saturated carbocycles. The molecular weight excluding hydrogens is 303 g/mol. The Labute approximate surface area is 144 Å². The van der Waals surface area contributed by atoms with Crippen LogP contribution in [0.5, 0.6) is 0 Å². The fraction of sp³-hybridized carbons (Fsp3) is 0.650. The normalized spacial score (nSPS) is 24.4. The zero-order chi connectivity index (χ0) is 17.1. The van der Waals surface area contributed by atoms with Crippen LogP contribution < -0.4 is 0 Å². The number of amides is 1. The quantitative estimate of drug-likeness (QED) is 0.798. The predicted octanol–water partition coefficient (Wildman–Crippen LogP) is 3.34. The molecule has 2 unspecified atom stereocenters. The van der Waals surface area contributed by atoms with Crippen LogP contribution in [0.2, 0.25) is 0 Å². The van der Waals surface area contributed by atoms with E-state index in [4.69, 9.17) is 0 Å². The summed E-state index contributed by atoms with van der Waals surface area (Å²) in [4.78, 5) is 17.1. The lowest BCUT2D eigenvalue weighted by Crippen LogP contribution is -2.47. The van der Waals surface area contributed by atoms with Crippen LogP contribution in [0.15, 0.2) is 24.3 Å². The maximum absolute atomic E-state index is 13.3. The Morgan fingerprint density at radius 1 is 1.25 bits per heavy atom. The van der Waals surface area contributed by atoms with Crippen LogP contribution in [-0.2, 0) is 11.2 Å². The number of carbonyl (C=O) groups is 1. The number of piperidine rings is 1. The first-order valence-electron chi connectivity index (χ1n) is 9.27. The average Bonchev–Trinajstić information content (AvgIpc) is 3.35. The van der Waals surface area contributed by atoms with Crippen LogP contribution in [-0.4, -0.2) is 47.9 Å². The minimum absolute atomic E-state index is 0.183. The summed E-state index contributed by atoms with van der Waals surface area (Å²) < 4.78 is 13.3. The molecule has 24 heavy (non-hydrogen) atoms. The van der Waals surface area contributed by atoms with Gasteiger partial charge < -0.3 is 4.90 Å². The van der Waals surface area contributed by atoms with Crippen molar-refractivity contribution in [3.05, 3.63) is 35.6 Å². The largest absolute Gasteiger partial charge is 0.341 e. The SMILES string of the molecule is CC1CC(C)CN(C(=O)CN(CCc2cccc(F)c2)C2CC2)C1. The number of rotatable bonds is 6. The van der Waals surface area contributed by atoms with Crippen LogP contribution in [0.4, 0.5) is 4.39 Å². The summed E-state index contributed by atoms with van der Waals surface area (Å²) in [6.45, 7) is 7.60. The lowest BCUT2D eigenvalue weighted by molar-refractivity contribution is -0.135.